The van der Waals surface area contributed by atoms with Crippen LogP contribution in [0.1, 0.15) is 30.8 Å². The zero-order chi connectivity index (χ0) is 20.5. The Morgan fingerprint density at radius 3 is 2.50 bits per heavy atom. The van der Waals surface area contributed by atoms with Gasteiger partial charge in [-0.2, -0.15) is 5.10 Å². The van der Waals surface area contributed by atoms with Gasteiger partial charge in [0.15, 0.2) is 15.5 Å². The van der Waals surface area contributed by atoms with Gasteiger partial charge >= 0.3 is 0 Å². The lowest BCUT2D eigenvalue weighted by Crippen LogP contribution is -2.45. The number of fused-ring (bicyclic) bond motifs is 1. The lowest BCUT2D eigenvalue weighted by Gasteiger charge is -2.14. The zero-order valence-corrected chi connectivity index (χ0v) is 16.5. The van der Waals surface area contributed by atoms with Gasteiger partial charge in [-0.25, -0.2) is 13.1 Å². The first-order chi connectivity index (χ1) is 13.2. The molecule has 1 aromatic heterocycles. The topological polar surface area (TPSA) is 127 Å². The molecule has 1 aliphatic rings. The third-order valence-corrected chi connectivity index (χ3v) is 6.29. The zero-order valence-electron chi connectivity index (χ0n) is 15.6. The molecule has 28 heavy (non-hydrogen) atoms. The summed E-state index contributed by atoms with van der Waals surface area (Å²) in [5.41, 5.74) is 4.27. The molecule has 2 heterocycles. The predicted molar refractivity (Wildman–Crippen MR) is 103 cm³/mol. The summed E-state index contributed by atoms with van der Waals surface area (Å²) in [6, 6.07) is 6.63. The highest BCUT2D eigenvalue weighted by atomic mass is 32.2. The van der Waals surface area contributed by atoms with Crippen molar-refractivity contribution in [2.75, 3.05) is 11.5 Å². The molecule has 9 nitrogen and oxygen atoms in total. The number of hydrogen-bond donors (Lipinski definition) is 2. The average molecular weight is 406 g/mol. The molecule has 0 spiro atoms. The summed E-state index contributed by atoms with van der Waals surface area (Å²) in [4.78, 5) is 37.3. The van der Waals surface area contributed by atoms with Crippen molar-refractivity contribution in [1.29, 1.82) is 0 Å². The summed E-state index contributed by atoms with van der Waals surface area (Å²) < 4.78 is 24.2. The number of carbonyl (C=O) groups is 2. The SMILES string of the molecule is CC(C)Cn1nc(C(=O)NNC(=O)[C@@H]2CCS(=O)(=O)C2)c2ccccc2c1=O. The highest BCUT2D eigenvalue weighted by molar-refractivity contribution is 7.91. The maximum Gasteiger partial charge on any atom is 0.290 e. The van der Waals surface area contributed by atoms with E-state index in [0.29, 0.717) is 17.3 Å². The summed E-state index contributed by atoms with van der Waals surface area (Å²) in [5, 5.41) is 4.92. The van der Waals surface area contributed by atoms with E-state index in [2.05, 4.69) is 16.0 Å². The summed E-state index contributed by atoms with van der Waals surface area (Å²) >= 11 is 0. The van der Waals surface area contributed by atoms with Crippen LogP contribution in [-0.4, -0.2) is 41.5 Å². The van der Waals surface area contributed by atoms with Crippen LogP contribution >= 0.6 is 0 Å². The molecule has 150 valence electrons. The number of benzene rings is 1. The van der Waals surface area contributed by atoms with Gasteiger partial charge < -0.3 is 0 Å². The highest BCUT2D eigenvalue weighted by Crippen LogP contribution is 2.18. The Morgan fingerprint density at radius 2 is 1.89 bits per heavy atom. The summed E-state index contributed by atoms with van der Waals surface area (Å²) in [7, 11) is -3.21. The number of sulfone groups is 1. The van der Waals surface area contributed by atoms with Crippen LogP contribution in [0.25, 0.3) is 10.8 Å². The molecule has 1 saturated heterocycles. The van der Waals surface area contributed by atoms with Crippen molar-refractivity contribution >= 4 is 32.4 Å². The molecule has 0 radical (unpaired) electrons. The molecule has 2 aromatic rings. The van der Waals surface area contributed by atoms with E-state index in [0.717, 1.165) is 0 Å². The van der Waals surface area contributed by atoms with Crippen LogP contribution in [0.3, 0.4) is 0 Å². The first kappa shape index (κ1) is 20.0. The lowest BCUT2D eigenvalue weighted by atomic mass is 10.1. The van der Waals surface area contributed by atoms with Crippen molar-refractivity contribution in [3.05, 3.63) is 40.3 Å². The van der Waals surface area contributed by atoms with E-state index in [9.17, 15) is 22.8 Å². The van der Waals surface area contributed by atoms with Crippen LogP contribution in [-0.2, 0) is 21.2 Å². The van der Waals surface area contributed by atoms with Crippen molar-refractivity contribution in [3.8, 4) is 0 Å². The Hall–Kier alpha value is -2.75. The van der Waals surface area contributed by atoms with Crippen molar-refractivity contribution in [2.45, 2.75) is 26.8 Å². The number of carbonyl (C=O) groups excluding carboxylic acids is 2. The van der Waals surface area contributed by atoms with Crippen molar-refractivity contribution in [2.24, 2.45) is 11.8 Å². The minimum Gasteiger partial charge on any atom is -0.273 e. The molecule has 2 amide bonds. The van der Waals surface area contributed by atoms with Gasteiger partial charge in [0, 0.05) is 11.9 Å². The van der Waals surface area contributed by atoms with Crippen molar-refractivity contribution in [1.82, 2.24) is 20.6 Å². The quantitative estimate of drug-likeness (QED) is 0.701. The van der Waals surface area contributed by atoms with E-state index in [1.165, 1.54) is 4.68 Å². The van der Waals surface area contributed by atoms with Gasteiger partial charge in [-0.1, -0.05) is 32.0 Å². The molecule has 1 atom stereocenters. The maximum atomic E-state index is 12.6. The van der Waals surface area contributed by atoms with Crippen LogP contribution in [0.15, 0.2) is 29.1 Å². The minimum absolute atomic E-state index is 0.00944. The molecule has 1 aliphatic heterocycles. The Bertz CT molecular complexity index is 1090. The first-order valence-corrected chi connectivity index (χ1v) is 10.8. The summed E-state index contributed by atoms with van der Waals surface area (Å²) in [6.45, 7) is 4.20. The second-order valence-corrected chi connectivity index (χ2v) is 9.55. The Balaban J connectivity index is 1.84. The Morgan fingerprint density at radius 1 is 1.21 bits per heavy atom. The number of aromatic nitrogens is 2. The van der Waals surface area contributed by atoms with Gasteiger partial charge in [-0.3, -0.25) is 25.2 Å². The van der Waals surface area contributed by atoms with Gasteiger partial charge in [0.1, 0.15) is 0 Å². The van der Waals surface area contributed by atoms with E-state index >= 15 is 0 Å². The number of hydrazine groups is 1. The number of hydrogen-bond acceptors (Lipinski definition) is 6. The Labute approximate surface area is 162 Å². The lowest BCUT2D eigenvalue weighted by molar-refractivity contribution is -0.125. The molecule has 0 aliphatic carbocycles. The fourth-order valence-corrected chi connectivity index (χ4v) is 4.90. The molecule has 1 aromatic carbocycles. The minimum atomic E-state index is -3.21. The standard InChI is InChI=1S/C18H22N4O5S/c1-11(2)9-22-18(25)14-6-4-3-5-13(14)15(21-22)17(24)20-19-16(23)12-7-8-28(26,27)10-12/h3-6,11-12H,7-10H2,1-2H3,(H,19,23)(H,20,24)/t12-/m1/s1. The van der Waals surface area contributed by atoms with Crippen LogP contribution < -0.4 is 16.4 Å². The first-order valence-electron chi connectivity index (χ1n) is 8.98. The van der Waals surface area contributed by atoms with Crippen LogP contribution in [0.2, 0.25) is 0 Å². The van der Waals surface area contributed by atoms with E-state index in [-0.39, 0.29) is 35.1 Å². The average Bonchev–Trinajstić information content (AvgIpc) is 3.01. The molecular formula is C18H22N4O5S. The van der Waals surface area contributed by atoms with Gasteiger partial charge in [0.25, 0.3) is 11.5 Å². The molecule has 10 heteroatoms. The predicted octanol–water partition coefficient (Wildman–Crippen LogP) is 0.248. The third kappa shape index (κ3) is 4.22. The van der Waals surface area contributed by atoms with E-state index in [1.807, 2.05) is 13.8 Å². The van der Waals surface area contributed by atoms with E-state index < -0.39 is 27.6 Å². The highest BCUT2D eigenvalue weighted by Gasteiger charge is 2.33. The van der Waals surface area contributed by atoms with Crippen LogP contribution in [0, 0.1) is 11.8 Å². The largest absolute Gasteiger partial charge is 0.290 e. The number of rotatable bonds is 4. The number of nitrogens with one attached hydrogen (secondary N) is 2. The normalized spacial score (nSPS) is 18.3. The monoisotopic (exact) mass is 406 g/mol. The Kier molecular flexibility index (Phi) is 5.50. The number of amides is 2. The van der Waals surface area contributed by atoms with Gasteiger partial charge in [0.2, 0.25) is 5.91 Å². The molecule has 1 fully saturated rings. The fraction of sp³-hybridized carbons (Fsp3) is 0.444. The second kappa shape index (κ2) is 7.70. The van der Waals surface area contributed by atoms with E-state index in [1.54, 1.807) is 24.3 Å². The van der Waals surface area contributed by atoms with Crippen LogP contribution in [0.5, 0.6) is 0 Å². The second-order valence-electron chi connectivity index (χ2n) is 7.32. The third-order valence-electron chi connectivity index (χ3n) is 4.52. The number of nitrogens with zero attached hydrogens (tertiary/aromatic N) is 2. The molecule has 0 saturated carbocycles. The molecule has 0 bridgehead atoms. The molecular weight excluding hydrogens is 384 g/mol. The smallest absolute Gasteiger partial charge is 0.273 e. The summed E-state index contributed by atoms with van der Waals surface area (Å²) in [5.74, 6) is -2.05. The molecule has 0 unspecified atom stereocenters. The van der Waals surface area contributed by atoms with Crippen molar-refractivity contribution < 1.29 is 18.0 Å². The van der Waals surface area contributed by atoms with Gasteiger partial charge in [-0.15, -0.1) is 0 Å². The molecule has 3 rings (SSSR count). The van der Waals surface area contributed by atoms with Gasteiger partial charge in [0.05, 0.1) is 22.8 Å². The van der Waals surface area contributed by atoms with E-state index in [4.69, 9.17) is 0 Å². The van der Waals surface area contributed by atoms with Crippen LogP contribution in [0.4, 0.5) is 0 Å². The summed E-state index contributed by atoms with van der Waals surface area (Å²) in [6.07, 6.45) is 0.227. The fourth-order valence-electron chi connectivity index (χ4n) is 3.15. The van der Waals surface area contributed by atoms with Gasteiger partial charge in [-0.05, 0) is 18.4 Å². The van der Waals surface area contributed by atoms with Crippen molar-refractivity contribution in [3.63, 3.8) is 0 Å². The maximum absolute atomic E-state index is 12.6. The molecule has 2 N–H and O–H groups in total.